The van der Waals surface area contributed by atoms with Gasteiger partial charge in [-0.25, -0.2) is 0 Å². The van der Waals surface area contributed by atoms with Crippen molar-refractivity contribution < 1.29 is 0 Å². The average Bonchev–Trinajstić information content (AvgIpc) is 2.77. The molecule has 0 saturated heterocycles. The van der Waals surface area contributed by atoms with E-state index in [1.54, 1.807) is 0 Å². The van der Waals surface area contributed by atoms with Crippen LogP contribution in [0.1, 0.15) is 31.2 Å². The van der Waals surface area contributed by atoms with Crippen LogP contribution in [0, 0.1) is 5.92 Å². The van der Waals surface area contributed by atoms with Crippen molar-refractivity contribution in [2.24, 2.45) is 13.0 Å². The van der Waals surface area contributed by atoms with Crippen LogP contribution in [0.3, 0.4) is 0 Å². The van der Waals surface area contributed by atoms with Gasteiger partial charge in [-0.05, 0) is 25.3 Å². The van der Waals surface area contributed by atoms with Gasteiger partial charge in [-0.15, -0.1) is 0 Å². The van der Waals surface area contributed by atoms with E-state index < -0.39 is 0 Å². The summed E-state index contributed by atoms with van der Waals surface area (Å²) in [7, 11) is 1.96. The van der Waals surface area contributed by atoms with Crippen LogP contribution in [0.15, 0.2) is 12.4 Å². The number of rotatable bonds is 4. The zero-order valence-corrected chi connectivity index (χ0v) is 8.87. The van der Waals surface area contributed by atoms with E-state index >= 15 is 0 Å². The standard InChI is InChI=1S/C11H19N3/c1-14-9-11(8-13-14)7-12-6-10-4-2-3-5-10/h8-10,12H,2-7H2,1H3. The molecule has 1 aliphatic carbocycles. The summed E-state index contributed by atoms with van der Waals surface area (Å²) in [6.07, 6.45) is 9.70. The van der Waals surface area contributed by atoms with E-state index in [4.69, 9.17) is 0 Å². The van der Waals surface area contributed by atoms with Crippen LogP contribution in [0.2, 0.25) is 0 Å². The first-order valence-corrected chi connectivity index (χ1v) is 5.53. The second-order valence-corrected chi connectivity index (χ2v) is 4.30. The first-order chi connectivity index (χ1) is 6.84. The van der Waals surface area contributed by atoms with Crippen molar-refractivity contribution >= 4 is 0 Å². The lowest BCUT2D eigenvalue weighted by atomic mass is 10.1. The average molecular weight is 193 g/mol. The van der Waals surface area contributed by atoms with E-state index in [9.17, 15) is 0 Å². The SMILES string of the molecule is Cn1cc(CNCC2CCCC2)cn1. The molecule has 3 heteroatoms. The van der Waals surface area contributed by atoms with E-state index in [1.165, 1.54) is 37.8 Å². The molecular formula is C11H19N3. The molecule has 0 amide bonds. The molecule has 3 nitrogen and oxygen atoms in total. The minimum atomic E-state index is 0.923. The highest BCUT2D eigenvalue weighted by atomic mass is 15.2. The summed E-state index contributed by atoms with van der Waals surface area (Å²) >= 11 is 0. The van der Waals surface area contributed by atoms with Crippen molar-refractivity contribution in [3.8, 4) is 0 Å². The molecule has 0 spiro atoms. The fourth-order valence-corrected chi connectivity index (χ4v) is 2.20. The van der Waals surface area contributed by atoms with Gasteiger partial charge in [0, 0.05) is 25.4 Å². The van der Waals surface area contributed by atoms with Gasteiger partial charge in [0.05, 0.1) is 6.20 Å². The molecule has 1 N–H and O–H groups in total. The van der Waals surface area contributed by atoms with Crippen LogP contribution in [-0.2, 0) is 13.6 Å². The third-order valence-electron chi connectivity index (χ3n) is 3.00. The highest BCUT2D eigenvalue weighted by Crippen LogP contribution is 2.23. The Morgan fingerprint density at radius 3 is 2.93 bits per heavy atom. The van der Waals surface area contributed by atoms with E-state index in [1.807, 2.05) is 17.9 Å². The lowest BCUT2D eigenvalue weighted by Gasteiger charge is -2.09. The molecule has 1 saturated carbocycles. The van der Waals surface area contributed by atoms with E-state index in [0.717, 1.165) is 12.5 Å². The topological polar surface area (TPSA) is 29.9 Å². The summed E-state index contributed by atoms with van der Waals surface area (Å²) in [4.78, 5) is 0. The van der Waals surface area contributed by atoms with Crippen LogP contribution in [-0.4, -0.2) is 16.3 Å². The molecule has 0 radical (unpaired) electrons. The Kier molecular flexibility index (Phi) is 3.19. The summed E-state index contributed by atoms with van der Waals surface area (Å²) in [5, 5.41) is 7.65. The van der Waals surface area contributed by atoms with E-state index in [-0.39, 0.29) is 0 Å². The number of aryl methyl sites for hydroxylation is 1. The molecule has 1 aromatic rings. The summed E-state index contributed by atoms with van der Waals surface area (Å²) in [5.74, 6) is 0.923. The Morgan fingerprint density at radius 2 is 2.29 bits per heavy atom. The Bertz CT molecular complexity index is 274. The van der Waals surface area contributed by atoms with Crippen LogP contribution in [0.25, 0.3) is 0 Å². The lowest BCUT2D eigenvalue weighted by molar-refractivity contribution is 0.489. The van der Waals surface area contributed by atoms with Gasteiger partial charge in [-0.3, -0.25) is 4.68 Å². The van der Waals surface area contributed by atoms with Crippen molar-refractivity contribution in [1.29, 1.82) is 0 Å². The Hall–Kier alpha value is -0.830. The normalized spacial score (nSPS) is 17.8. The van der Waals surface area contributed by atoms with Crippen LogP contribution in [0.5, 0.6) is 0 Å². The third kappa shape index (κ3) is 2.58. The quantitative estimate of drug-likeness (QED) is 0.788. The zero-order valence-electron chi connectivity index (χ0n) is 8.87. The molecule has 2 rings (SSSR count). The summed E-state index contributed by atoms with van der Waals surface area (Å²) in [5.41, 5.74) is 1.28. The minimum absolute atomic E-state index is 0.923. The van der Waals surface area contributed by atoms with Gasteiger partial charge in [-0.2, -0.15) is 5.10 Å². The highest BCUT2D eigenvalue weighted by molar-refractivity contribution is 5.02. The lowest BCUT2D eigenvalue weighted by Crippen LogP contribution is -2.20. The molecule has 0 aromatic carbocycles. The maximum absolute atomic E-state index is 4.14. The van der Waals surface area contributed by atoms with Crippen LogP contribution >= 0.6 is 0 Å². The smallest absolute Gasteiger partial charge is 0.0534 e. The molecule has 0 unspecified atom stereocenters. The van der Waals surface area contributed by atoms with Crippen LogP contribution < -0.4 is 5.32 Å². The molecule has 0 atom stereocenters. The van der Waals surface area contributed by atoms with Gasteiger partial charge in [0.1, 0.15) is 0 Å². The number of hydrogen-bond acceptors (Lipinski definition) is 2. The fraction of sp³-hybridized carbons (Fsp3) is 0.727. The second-order valence-electron chi connectivity index (χ2n) is 4.30. The predicted octanol–water partition coefficient (Wildman–Crippen LogP) is 1.70. The van der Waals surface area contributed by atoms with Crippen molar-refractivity contribution in [2.75, 3.05) is 6.54 Å². The van der Waals surface area contributed by atoms with Crippen LogP contribution in [0.4, 0.5) is 0 Å². The summed E-state index contributed by atoms with van der Waals surface area (Å²) in [6.45, 7) is 2.14. The Morgan fingerprint density at radius 1 is 1.50 bits per heavy atom. The van der Waals surface area contributed by atoms with Crippen molar-refractivity contribution in [2.45, 2.75) is 32.2 Å². The molecule has 1 heterocycles. The molecule has 0 aliphatic heterocycles. The molecular weight excluding hydrogens is 174 g/mol. The molecule has 1 aromatic heterocycles. The molecule has 0 bridgehead atoms. The van der Waals surface area contributed by atoms with Gasteiger partial charge >= 0.3 is 0 Å². The number of hydrogen-bond donors (Lipinski definition) is 1. The van der Waals surface area contributed by atoms with Gasteiger partial charge in [0.25, 0.3) is 0 Å². The zero-order chi connectivity index (χ0) is 9.80. The summed E-state index contributed by atoms with van der Waals surface area (Å²) < 4.78 is 1.85. The first-order valence-electron chi connectivity index (χ1n) is 5.53. The number of nitrogens with zero attached hydrogens (tertiary/aromatic N) is 2. The first kappa shape index (κ1) is 9.71. The molecule has 78 valence electrons. The van der Waals surface area contributed by atoms with Gasteiger partial charge in [-0.1, -0.05) is 12.8 Å². The fourth-order valence-electron chi connectivity index (χ4n) is 2.20. The summed E-state index contributed by atoms with van der Waals surface area (Å²) in [6, 6.07) is 0. The Balaban J connectivity index is 1.67. The maximum atomic E-state index is 4.14. The minimum Gasteiger partial charge on any atom is -0.312 e. The molecule has 14 heavy (non-hydrogen) atoms. The van der Waals surface area contributed by atoms with Gasteiger partial charge in [0.15, 0.2) is 0 Å². The van der Waals surface area contributed by atoms with E-state index in [2.05, 4.69) is 16.6 Å². The second kappa shape index (κ2) is 4.60. The van der Waals surface area contributed by atoms with Gasteiger partial charge in [0.2, 0.25) is 0 Å². The van der Waals surface area contributed by atoms with E-state index in [0.29, 0.717) is 0 Å². The third-order valence-corrected chi connectivity index (χ3v) is 3.00. The number of nitrogens with one attached hydrogen (secondary N) is 1. The van der Waals surface area contributed by atoms with Crippen molar-refractivity contribution in [3.05, 3.63) is 18.0 Å². The van der Waals surface area contributed by atoms with Gasteiger partial charge < -0.3 is 5.32 Å². The highest BCUT2D eigenvalue weighted by Gasteiger charge is 2.13. The molecule has 1 aliphatic rings. The predicted molar refractivity (Wildman–Crippen MR) is 56.9 cm³/mol. The largest absolute Gasteiger partial charge is 0.312 e. The Labute approximate surface area is 85.5 Å². The van der Waals surface area contributed by atoms with Crippen molar-refractivity contribution in [3.63, 3.8) is 0 Å². The van der Waals surface area contributed by atoms with Crippen molar-refractivity contribution in [1.82, 2.24) is 15.1 Å². The number of aromatic nitrogens is 2. The molecule has 1 fully saturated rings. The maximum Gasteiger partial charge on any atom is 0.0534 e. The monoisotopic (exact) mass is 193 g/mol.